The zero-order chi connectivity index (χ0) is 13.8. The second-order valence-corrected chi connectivity index (χ2v) is 4.81. The van der Waals surface area contributed by atoms with Crippen LogP contribution in [-0.2, 0) is 6.54 Å². The number of benzene rings is 1. The molecule has 0 aliphatic rings. The minimum absolute atomic E-state index is 0.809. The van der Waals surface area contributed by atoms with Crippen LogP contribution < -0.4 is 10.1 Å². The van der Waals surface area contributed by atoms with Crippen molar-refractivity contribution in [2.45, 2.75) is 45.6 Å². The van der Waals surface area contributed by atoms with E-state index in [2.05, 4.69) is 37.0 Å². The lowest BCUT2D eigenvalue weighted by molar-refractivity contribution is 0.305. The van der Waals surface area contributed by atoms with Gasteiger partial charge in [-0.2, -0.15) is 0 Å². The monoisotopic (exact) mass is 261 g/mol. The molecular weight excluding hydrogens is 234 g/mol. The van der Waals surface area contributed by atoms with Gasteiger partial charge in [-0.05, 0) is 56.3 Å². The van der Waals surface area contributed by atoms with E-state index >= 15 is 0 Å². The van der Waals surface area contributed by atoms with Crippen molar-refractivity contribution in [2.24, 2.45) is 0 Å². The molecule has 0 radical (unpaired) electrons. The van der Waals surface area contributed by atoms with Crippen molar-refractivity contribution in [3.8, 4) is 5.75 Å². The average molecular weight is 261 g/mol. The van der Waals surface area contributed by atoms with Crippen LogP contribution in [0, 0.1) is 0 Å². The maximum absolute atomic E-state index is 5.78. The van der Waals surface area contributed by atoms with E-state index in [1.54, 1.807) is 0 Å². The normalized spacial score (nSPS) is 10.4. The largest absolute Gasteiger partial charge is 0.494 e. The summed E-state index contributed by atoms with van der Waals surface area (Å²) in [5, 5.41) is 3.40. The van der Waals surface area contributed by atoms with Crippen LogP contribution in [0.15, 0.2) is 36.9 Å². The Hall–Kier alpha value is -1.28. The fourth-order valence-electron chi connectivity index (χ4n) is 1.91. The maximum Gasteiger partial charge on any atom is 0.119 e. The summed E-state index contributed by atoms with van der Waals surface area (Å²) in [6.45, 7) is 8.70. The van der Waals surface area contributed by atoms with Gasteiger partial charge in [0.1, 0.15) is 5.75 Å². The molecule has 0 atom stereocenters. The molecule has 0 amide bonds. The molecule has 0 aliphatic heterocycles. The van der Waals surface area contributed by atoms with Crippen molar-refractivity contribution in [1.29, 1.82) is 0 Å². The second kappa shape index (κ2) is 10.6. The molecule has 0 aliphatic carbocycles. The highest BCUT2D eigenvalue weighted by atomic mass is 16.5. The van der Waals surface area contributed by atoms with Gasteiger partial charge in [0.2, 0.25) is 0 Å². The van der Waals surface area contributed by atoms with Crippen molar-refractivity contribution in [3.05, 3.63) is 42.5 Å². The van der Waals surface area contributed by atoms with Gasteiger partial charge in [0.25, 0.3) is 0 Å². The van der Waals surface area contributed by atoms with Crippen LogP contribution >= 0.6 is 0 Å². The van der Waals surface area contributed by atoms with Crippen LogP contribution in [0.2, 0.25) is 0 Å². The fraction of sp³-hybridized carbons (Fsp3) is 0.529. The van der Waals surface area contributed by atoms with E-state index in [0.29, 0.717) is 0 Å². The summed E-state index contributed by atoms with van der Waals surface area (Å²) in [6.07, 6.45) is 7.80. The third-order valence-electron chi connectivity index (χ3n) is 2.98. The highest BCUT2D eigenvalue weighted by Crippen LogP contribution is 2.14. The molecule has 1 aromatic carbocycles. The van der Waals surface area contributed by atoms with Gasteiger partial charge in [-0.15, -0.1) is 6.58 Å². The Morgan fingerprint density at radius 1 is 1.26 bits per heavy atom. The van der Waals surface area contributed by atoms with Gasteiger partial charge in [-0.3, -0.25) is 0 Å². The Labute approximate surface area is 117 Å². The van der Waals surface area contributed by atoms with Crippen LogP contribution in [-0.4, -0.2) is 13.2 Å². The minimum Gasteiger partial charge on any atom is -0.494 e. The van der Waals surface area contributed by atoms with Gasteiger partial charge in [-0.25, -0.2) is 0 Å². The maximum atomic E-state index is 5.78. The average Bonchev–Trinajstić information content (AvgIpc) is 2.43. The molecule has 106 valence electrons. The first kappa shape index (κ1) is 15.8. The first-order valence-electron chi connectivity index (χ1n) is 7.40. The molecular formula is C17H27NO. The first-order chi connectivity index (χ1) is 9.36. The molecule has 19 heavy (non-hydrogen) atoms. The van der Waals surface area contributed by atoms with E-state index in [1.807, 2.05) is 12.1 Å². The van der Waals surface area contributed by atoms with Crippen LogP contribution in [0.1, 0.15) is 44.6 Å². The van der Waals surface area contributed by atoms with E-state index in [1.165, 1.54) is 24.8 Å². The molecule has 0 saturated heterocycles. The molecule has 2 heteroatoms. The van der Waals surface area contributed by atoms with E-state index in [-0.39, 0.29) is 0 Å². The summed E-state index contributed by atoms with van der Waals surface area (Å²) in [6, 6.07) is 8.37. The van der Waals surface area contributed by atoms with Crippen LogP contribution in [0.5, 0.6) is 5.75 Å². The highest BCUT2D eigenvalue weighted by Gasteiger charge is 1.97. The molecule has 1 aromatic rings. The number of ether oxygens (including phenoxy) is 1. The van der Waals surface area contributed by atoms with E-state index in [0.717, 1.165) is 38.3 Å². The van der Waals surface area contributed by atoms with Gasteiger partial charge in [0, 0.05) is 6.54 Å². The van der Waals surface area contributed by atoms with Crippen LogP contribution in [0.25, 0.3) is 0 Å². The molecule has 0 fully saturated rings. The summed E-state index contributed by atoms with van der Waals surface area (Å²) in [5.74, 6) is 0.986. The molecule has 1 rings (SSSR count). The fourth-order valence-corrected chi connectivity index (χ4v) is 1.91. The SMILES string of the molecule is C=CCCCCCOc1cccc(CNCCC)c1. The van der Waals surface area contributed by atoms with Crippen molar-refractivity contribution < 1.29 is 4.74 Å². The molecule has 0 unspecified atom stereocenters. The second-order valence-electron chi connectivity index (χ2n) is 4.81. The zero-order valence-corrected chi connectivity index (χ0v) is 12.2. The van der Waals surface area contributed by atoms with E-state index in [9.17, 15) is 0 Å². The molecule has 0 heterocycles. The Morgan fingerprint density at radius 2 is 2.16 bits per heavy atom. The zero-order valence-electron chi connectivity index (χ0n) is 12.2. The molecule has 0 bridgehead atoms. The lowest BCUT2D eigenvalue weighted by Gasteiger charge is -2.08. The number of allylic oxidation sites excluding steroid dienone is 1. The Balaban J connectivity index is 2.21. The highest BCUT2D eigenvalue weighted by molar-refractivity contribution is 5.28. The quantitative estimate of drug-likeness (QED) is 0.473. The summed E-state index contributed by atoms with van der Waals surface area (Å²) in [7, 11) is 0. The lowest BCUT2D eigenvalue weighted by atomic mass is 10.2. The summed E-state index contributed by atoms with van der Waals surface area (Å²) < 4.78 is 5.78. The number of nitrogens with one attached hydrogen (secondary N) is 1. The number of unbranched alkanes of at least 4 members (excludes halogenated alkanes) is 3. The van der Waals surface area contributed by atoms with Crippen LogP contribution in [0.3, 0.4) is 0 Å². The molecule has 1 N–H and O–H groups in total. The van der Waals surface area contributed by atoms with Crippen molar-refractivity contribution >= 4 is 0 Å². The minimum atomic E-state index is 0.809. The predicted molar refractivity (Wildman–Crippen MR) is 82.6 cm³/mol. The smallest absolute Gasteiger partial charge is 0.119 e. The Kier molecular flexibility index (Phi) is 8.82. The first-order valence-corrected chi connectivity index (χ1v) is 7.40. The summed E-state index contributed by atoms with van der Waals surface area (Å²) >= 11 is 0. The van der Waals surface area contributed by atoms with Gasteiger partial charge in [0.15, 0.2) is 0 Å². The van der Waals surface area contributed by atoms with Gasteiger partial charge in [-0.1, -0.05) is 25.1 Å². The number of hydrogen-bond donors (Lipinski definition) is 1. The van der Waals surface area contributed by atoms with Gasteiger partial charge >= 0.3 is 0 Å². The summed E-state index contributed by atoms with van der Waals surface area (Å²) in [5.41, 5.74) is 1.29. The number of hydrogen-bond acceptors (Lipinski definition) is 2. The standard InChI is InChI=1S/C17H27NO/c1-3-5-6-7-8-13-19-17-11-9-10-16(14-17)15-18-12-4-2/h3,9-11,14,18H,1,4-8,12-13,15H2,2H3. The predicted octanol–water partition coefficient (Wildman–Crippen LogP) is 4.31. The number of rotatable bonds is 11. The lowest BCUT2D eigenvalue weighted by Crippen LogP contribution is -2.13. The third-order valence-corrected chi connectivity index (χ3v) is 2.98. The summed E-state index contributed by atoms with van der Waals surface area (Å²) in [4.78, 5) is 0. The van der Waals surface area contributed by atoms with Crippen molar-refractivity contribution in [3.63, 3.8) is 0 Å². The third kappa shape index (κ3) is 7.68. The Bertz CT molecular complexity index is 349. The Morgan fingerprint density at radius 3 is 2.95 bits per heavy atom. The van der Waals surface area contributed by atoms with E-state index < -0.39 is 0 Å². The molecule has 0 aromatic heterocycles. The van der Waals surface area contributed by atoms with E-state index in [4.69, 9.17) is 4.74 Å². The van der Waals surface area contributed by atoms with Crippen molar-refractivity contribution in [1.82, 2.24) is 5.32 Å². The van der Waals surface area contributed by atoms with Gasteiger partial charge in [0.05, 0.1) is 6.61 Å². The van der Waals surface area contributed by atoms with Gasteiger partial charge < -0.3 is 10.1 Å². The van der Waals surface area contributed by atoms with Crippen molar-refractivity contribution in [2.75, 3.05) is 13.2 Å². The van der Waals surface area contributed by atoms with Crippen LogP contribution in [0.4, 0.5) is 0 Å². The topological polar surface area (TPSA) is 21.3 Å². The molecule has 0 saturated carbocycles. The molecule has 2 nitrogen and oxygen atoms in total. The molecule has 0 spiro atoms.